The molecule has 1 amide bonds. The lowest BCUT2D eigenvalue weighted by Gasteiger charge is -2.21. The van der Waals surface area contributed by atoms with Crippen molar-refractivity contribution >= 4 is 37.9 Å². The van der Waals surface area contributed by atoms with E-state index in [9.17, 15) is 23.3 Å². The number of fused-ring (bicyclic) bond motifs is 1. The number of nitrogens with zero attached hydrogens (tertiary/aromatic N) is 2. The Morgan fingerprint density at radius 3 is 2.22 bits per heavy atom. The molecule has 0 aliphatic carbocycles. The number of sulfone groups is 1. The maximum absolute atomic E-state index is 13.2. The smallest absolute Gasteiger partial charge is 0.277 e. The highest BCUT2D eigenvalue weighted by molar-refractivity contribution is 7.91. The summed E-state index contributed by atoms with van der Waals surface area (Å²) in [5, 5.41) is 11.9. The van der Waals surface area contributed by atoms with Crippen molar-refractivity contribution in [2.45, 2.75) is 16.7 Å². The van der Waals surface area contributed by atoms with Gasteiger partial charge >= 0.3 is 0 Å². The molecule has 138 valence electrons. The molecule has 7 nitrogen and oxygen atoms in total. The first-order valence-electron chi connectivity index (χ1n) is 7.99. The van der Waals surface area contributed by atoms with Crippen LogP contribution in [0.3, 0.4) is 0 Å². The quantitative estimate of drug-likeness (QED) is 0.506. The predicted octanol–water partition coefficient (Wildman–Crippen LogP) is 3.56. The van der Waals surface area contributed by atoms with Crippen LogP contribution in [0.4, 0.5) is 11.4 Å². The monoisotopic (exact) mass is 384 g/mol. The Labute approximate surface area is 155 Å². The Balaban J connectivity index is 2.42. The van der Waals surface area contributed by atoms with Crippen molar-refractivity contribution in [3.05, 3.63) is 70.8 Å². The number of carbonyl (C=O) groups is 1. The van der Waals surface area contributed by atoms with E-state index >= 15 is 0 Å². The van der Waals surface area contributed by atoms with Crippen LogP contribution < -0.4 is 4.90 Å². The Hall–Kier alpha value is -3.26. The first kappa shape index (κ1) is 18.5. The van der Waals surface area contributed by atoms with Gasteiger partial charge in [0.1, 0.15) is 0 Å². The summed E-state index contributed by atoms with van der Waals surface area (Å²) in [7, 11) is -2.49. The second-order valence-corrected chi connectivity index (χ2v) is 7.85. The first-order valence-corrected chi connectivity index (χ1v) is 9.48. The number of hydrogen-bond acceptors (Lipinski definition) is 5. The third-order valence-corrected chi connectivity index (χ3v) is 6.12. The zero-order chi connectivity index (χ0) is 19.8. The van der Waals surface area contributed by atoms with Crippen molar-refractivity contribution in [2.24, 2.45) is 0 Å². The van der Waals surface area contributed by atoms with Crippen LogP contribution in [0.25, 0.3) is 10.8 Å². The molecule has 3 aromatic carbocycles. The summed E-state index contributed by atoms with van der Waals surface area (Å²) in [6, 6.07) is 14.9. The van der Waals surface area contributed by atoms with Crippen LogP contribution in [0, 0.1) is 10.1 Å². The number of amides is 1. The minimum Gasteiger partial charge on any atom is -0.314 e. The summed E-state index contributed by atoms with van der Waals surface area (Å²) in [6.07, 6.45) is 0. The highest BCUT2D eigenvalue weighted by Gasteiger charge is 2.27. The number of non-ortho nitro benzene ring substituents is 1. The number of anilines is 1. The molecular weight excluding hydrogens is 368 g/mol. The molecule has 8 heteroatoms. The van der Waals surface area contributed by atoms with Gasteiger partial charge < -0.3 is 4.90 Å². The highest BCUT2D eigenvalue weighted by atomic mass is 32.2. The van der Waals surface area contributed by atoms with Gasteiger partial charge in [0.2, 0.25) is 15.7 Å². The maximum atomic E-state index is 13.2. The number of hydrogen-bond donors (Lipinski definition) is 0. The SMILES string of the molecule is CC(=O)N(C)c1c(S(=O)(=O)c2ccccc2)ccc2c([N+](=O)[O-])cccc12. The second-order valence-electron chi connectivity index (χ2n) is 5.94. The lowest BCUT2D eigenvalue weighted by atomic mass is 10.1. The molecule has 3 rings (SSSR count). The van der Waals surface area contributed by atoms with E-state index in [0.29, 0.717) is 5.39 Å². The Morgan fingerprint density at radius 1 is 0.963 bits per heavy atom. The van der Waals surface area contributed by atoms with Crippen LogP contribution in [0.15, 0.2) is 70.5 Å². The molecule has 3 aromatic rings. The standard InChI is InChI=1S/C19H16N2O5S/c1-13(22)20(2)19-16-9-6-10-17(21(23)24)15(16)11-12-18(19)27(25,26)14-7-4-3-5-8-14/h3-12H,1-2H3. The summed E-state index contributed by atoms with van der Waals surface area (Å²) in [5.41, 5.74) is -0.0399. The zero-order valence-electron chi connectivity index (χ0n) is 14.6. The minimum absolute atomic E-state index is 0.0768. The topological polar surface area (TPSA) is 97.6 Å². The van der Waals surface area contributed by atoms with Gasteiger partial charge in [-0.3, -0.25) is 14.9 Å². The molecule has 0 saturated heterocycles. The van der Waals surface area contributed by atoms with Crippen LogP contribution in [0.1, 0.15) is 6.92 Å². The van der Waals surface area contributed by atoms with Gasteiger partial charge in [0.25, 0.3) is 5.69 Å². The van der Waals surface area contributed by atoms with Crippen molar-refractivity contribution in [3.8, 4) is 0 Å². The molecule has 0 N–H and O–H groups in total. The summed E-state index contributed by atoms with van der Waals surface area (Å²) in [4.78, 5) is 24.0. The molecule has 0 spiro atoms. The third kappa shape index (κ3) is 3.15. The van der Waals surface area contributed by atoms with E-state index in [-0.39, 0.29) is 26.6 Å². The summed E-state index contributed by atoms with van der Waals surface area (Å²) in [5.74, 6) is -0.390. The van der Waals surface area contributed by atoms with Crippen LogP contribution in [-0.2, 0) is 14.6 Å². The Bertz CT molecular complexity index is 1160. The molecule has 0 heterocycles. The van der Waals surface area contributed by atoms with E-state index in [1.165, 1.54) is 55.3 Å². The fourth-order valence-electron chi connectivity index (χ4n) is 2.91. The van der Waals surface area contributed by atoms with E-state index in [2.05, 4.69) is 0 Å². The summed E-state index contributed by atoms with van der Waals surface area (Å²) >= 11 is 0. The van der Waals surface area contributed by atoms with Crippen LogP contribution in [0.2, 0.25) is 0 Å². The molecule has 0 saturated carbocycles. The zero-order valence-corrected chi connectivity index (χ0v) is 15.4. The van der Waals surface area contributed by atoms with Crippen molar-refractivity contribution in [2.75, 3.05) is 11.9 Å². The number of rotatable bonds is 4. The van der Waals surface area contributed by atoms with E-state index in [4.69, 9.17) is 0 Å². The number of nitro benzene ring substituents is 1. The van der Waals surface area contributed by atoms with Gasteiger partial charge in [-0.2, -0.15) is 0 Å². The van der Waals surface area contributed by atoms with Crippen molar-refractivity contribution in [1.29, 1.82) is 0 Å². The Morgan fingerprint density at radius 2 is 1.63 bits per heavy atom. The normalized spacial score (nSPS) is 11.3. The molecule has 0 radical (unpaired) electrons. The average Bonchev–Trinajstić information content (AvgIpc) is 2.66. The maximum Gasteiger partial charge on any atom is 0.277 e. The van der Waals surface area contributed by atoms with Gasteiger partial charge in [0.15, 0.2) is 0 Å². The van der Waals surface area contributed by atoms with E-state index < -0.39 is 20.7 Å². The van der Waals surface area contributed by atoms with Gasteiger partial charge in [0, 0.05) is 25.4 Å². The third-order valence-electron chi connectivity index (χ3n) is 4.32. The Kier molecular flexibility index (Phi) is 4.67. The van der Waals surface area contributed by atoms with Gasteiger partial charge in [0.05, 0.1) is 25.8 Å². The van der Waals surface area contributed by atoms with Gasteiger partial charge in [-0.05, 0) is 24.3 Å². The number of nitro groups is 1. The largest absolute Gasteiger partial charge is 0.314 e. The van der Waals surface area contributed by atoms with Gasteiger partial charge in [-0.1, -0.05) is 30.3 Å². The van der Waals surface area contributed by atoms with Crippen LogP contribution in [-0.4, -0.2) is 26.3 Å². The lowest BCUT2D eigenvalue weighted by Crippen LogP contribution is -2.25. The van der Waals surface area contributed by atoms with E-state index in [1.54, 1.807) is 24.3 Å². The number of benzene rings is 3. The molecule has 0 aliphatic rings. The predicted molar refractivity (Wildman–Crippen MR) is 102 cm³/mol. The molecule has 0 unspecified atom stereocenters. The van der Waals surface area contributed by atoms with Crippen molar-refractivity contribution < 1.29 is 18.1 Å². The fourth-order valence-corrected chi connectivity index (χ4v) is 4.43. The first-order chi connectivity index (χ1) is 12.7. The molecule has 0 aromatic heterocycles. The molecule has 0 atom stereocenters. The fraction of sp³-hybridized carbons (Fsp3) is 0.105. The molecule has 0 aliphatic heterocycles. The molecule has 0 bridgehead atoms. The van der Waals surface area contributed by atoms with Crippen LogP contribution >= 0.6 is 0 Å². The summed E-state index contributed by atoms with van der Waals surface area (Å²) in [6.45, 7) is 1.30. The molecular formula is C19H16N2O5S. The number of carbonyl (C=O) groups excluding carboxylic acids is 1. The lowest BCUT2D eigenvalue weighted by molar-refractivity contribution is -0.383. The van der Waals surface area contributed by atoms with E-state index in [0.717, 1.165) is 0 Å². The average molecular weight is 384 g/mol. The van der Waals surface area contributed by atoms with E-state index in [1.807, 2.05) is 0 Å². The molecule has 27 heavy (non-hydrogen) atoms. The van der Waals surface area contributed by atoms with Gasteiger partial charge in [-0.25, -0.2) is 8.42 Å². The van der Waals surface area contributed by atoms with Gasteiger partial charge in [-0.15, -0.1) is 0 Å². The molecule has 0 fully saturated rings. The summed E-state index contributed by atoms with van der Waals surface area (Å²) < 4.78 is 26.3. The highest BCUT2D eigenvalue weighted by Crippen LogP contribution is 2.39. The van der Waals surface area contributed by atoms with Crippen LogP contribution in [0.5, 0.6) is 0 Å². The minimum atomic E-state index is -3.94. The second kappa shape index (κ2) is 6.81. The van der Waals surface area contributed by atoms with Crippen molar-refractivity contribution in [1.82, 2.24) is 0 Å². The van der Waals surface area contributed by atoms with Crippen molar-refractivity contribution in [3.63, 3.8) is 0 Å².